The van der Waals surface area contributed by atoms with Crippen molar-refractivity contribution >= 4 is 28.7 Å². The fourth-order valence-corrected chi connectivity index (χ4v) is 1.51. The molecule has 0 saturated heterocycles. The summed E-state index contributed by atoms with van der Waals surface area (Å²) in [5.41, 5.74) is 1.41. The normalized spacial score (nSPS) is 11.2. The minimum atomic E-state index is -0.780. The number of nitrogens with one attached hydrogen (secondary N) is 1. The van der Waals surface area contributed by atoms with Crippen molar-refractivity contribution in [2.75, 3.05) is 12.5 Å². The van der Waals surface area contributed by atoms with E-state index < -0.39 is 27.2 Å². The van der Waals surface area contributed by atoms with Gasteiger partial charge < -0.3 is 4.74 Å². The Morgan fingerprint density at radius 2 is 1.91 bits per heavy atom. The van der Waals surface area contributed by atoms with Crippen LogP contribution < -0.4 is 5.43 Å². The van der Waals surface area contributed by atoms with Gasteiger partial charge in [-0.15, -0.1) is 0 Å². The molecule has 0 heterocycles. The molecule has 0 fully saturated rings. The third-order valence-electron chi connectivity index (χ3n) is 2.63. The number of hydrogen-bond donors (Lipinski definition) is 1. The van der Waals surface area contributed by atoms with Crippen LogP contribution in [0.25, 0.3) is 0 Å². The number of nitro benzene ring substituents is 2. The molecule has 0 aromatic heterocycles. The highest BCUT2D eigenvalue weighted by atomic mass is 16.6. The Morgan fingerprint density at radius 3 is 2.36 bits per heavy atom. The van der Waals surface area contributed by atoms with Crippen LogP contribution in [0.1, 0.15) is 13.8 Å². The quantitative estimate of drug-likeness (QED) is 0.367. The molecule has 10 heteroatoms. The van der Waals surface area contributed by atoms with Crippen molar-refractivity contribution in [3.63, 3.8) is 0 Å². The van der Waals surface area contributed by atoms with Crippen molar-refractivity contribution in [3.05, 3.63) is 38.4 Å². The first kappa shape index (κ1) is 17.0. The Balaban J connectivity index is 3.19. The number of carbonyl (C=O) groups excluding carboxylic acids is 1. The minimum Gasteiger partial charge on any atom is -0.464 e. The smallest absolute Gasteiger partial charge is 0.354 e. The van der Waals surface area contributed by atoms with Crippen molar-refractivity contribution < 1.29 is 19.4 Å². The molecule has 1 rings (SSSR count). The molecule has 0 aliphatic rings. The lowest BCUT2D eigenvalue weighted by molar-refractivity contribution is -0.393. The molecule has 22 heavy (non-hydrogen) atoms. The average Bonchev–Trinajstić information content (AvgIpc) is 2.46. The van der Waals surface area contributed by atoms with Crippen molar-refractivity contribution in [2.45, 2.75) is 13.8 Å². The SMILES string of the molecule is COC(=O)C(=NNc1ccc([N+](=O)[O-])cc1[N+](=O)[O-])C(C)C. The summed E-state index contributed by atoms with van der Waals surface area (Å²) in [5.74, 6) is -0.955. The van der Waals surface area contributed by atoms with Gasteiger partial charge in [-0.05, 0) is 6.07 Å². The lowest BCUT2D eigenvalue weighted by atomic mass is 10.1. The summed E-state index contributed by atoms with van der Waals surface area (Å²) in [4.78, 5) is 31.6. The van der Waals surface area contributed by atoms with Crippen molar-refractivity contribution in [3.8, 4) is 0 Å². The maximum atomic E-state index is 11.5. The Labute approximate surface area is 125 Å². The summed E-state index contributed by atoms with van der Waals surface area (Å²) in [6.07, 6.45) is 0. The number of rotatable bonds is 6. The zero-order valence-electron chi connectivity index (χ0n) is 12.1. The monoisotopic (exact) mass is 310 g/mol. The molecule has 1 aromatic rings. The van der Waals surface area contributed by atoms with E-state index in [1.54, 1.807) is 13.8 Å². The number of hydrogen-bond acceptors (Lipinski definition) is 8. The molecule has 0 aliphatic heterocycles. The Kier molecular flexibility index (Phi) is 5.50. The summed E-state index contributed by atoms with van der Waals surface area (Å²) in [6, 6.07) is 3.05. The van der Waals surface area contributed by atoms with Gasteiger partial charge in [0.1, 0.15) is 11.4 Å². The van der Waals surface area contributed by atoms with E-state index in [2.05, 4.69) is 15.3 Å². The molecule has 0 radical (unpaired) electrons. The molecule has 0 aliphatic carbocycles. The number of ether oxygens (including phenoxy) is 1. The first-order chi connectivity index (χ1) is 10.3. The molecule has 10 nitrogen and oxygen atoms in total. The fourth-order valence-electron chi connectivity index (χ4n) is 1.51. The highest BCUT2D eigenvalue weighted by Crippen LogP contribution is 2.29. The number of carbonyl (C=O) groups is 1. The van der Waals surface area contributed by atoms with Crippen LogP contribution in [0.4, 0.5) is 17.1 Å². The van der Waals surface area contributed by atoms with E-state index in [-0.39, 0.29) is 17.3 Å². The molecule has 0 amide bonds. The summed E-state index contributed by atoms with van der Waals surface area (Å²) < 4.78 is 4.56. The van der Waals surface area contributed by atoms with Crippen molar-refractivity contribution in [2.24, 2.45) is 11.0 Å². The number of methoxy groups -OCH3 is 1. The van der Waals surface area contributed by atoms with Gasteiger partial charge in [-0.2, -0.15) is 5.10 Å². The number of non-ortho nitro benzene ring substituents is 1. The Morgan fingerprint density at radius 1 is 1.27 bits per heavy atom. The molecule has 1 aromatic carbocycles. The summed E-state index contributed by atoms with van der Waals surface area (Å²) >= 11 is 0. The third kappa shape index (κ3) is 3.98. The molecular weight excluding hydrogens is 296 g/mol. The fraction of sp³-hybridized carbons (Fsp3) is 0.333. The van der Waals surface area contributed by atoms with E-state index in [1.807, 2.05) is 0 Å². The van der Waals surface area contributed by atoms with Gasteiger partial charge in [-0.25, -0.2) is 4.79 Å². The van der Waals surface area contributed by atoms with E-state index in [0.717, 1.165) is 18.2 Å². The lowest BCUT2D eigenvalue weighted by Gasteiger charge is -2.08. The predicted octanol–water partition coefficient (Wildman–Crippen LogP) is 2.10. The van der Waals surface area contributed by atoms with Crippen LogP contribution in [-0.4, -0.2) is 28.6 Å². The van der Waals surface area contributed by atoms with Gasteiger partial charge in [-0.1, -0.05) is 13.8 Å². The van der Waals surface area contributed by atoms with Gasteiger partial charge in [0.05, 0.1) is 23.0 Å². The van der Waals surface area contributed by atoms with Gasteiger partial charge >= 0.3 is 11.7 Å². The second-order valence-electron chi connectivity index (χ2n) is 4.47. The van der Waals surface area contributed by atoms with Crippen molar-refractivity contribution in [1.29, 1.82) is 0 Å². The zero-order chi connectivity index (χ0) is 16.9. The molecule has 0 atom stereocenters. The Bertz CT molecular complexity index is 641. The second-order valence-corrected chi connectivity index (χ2v) is 4.47. The van der Waals surface area contributed by atoms with Crippen LogP contribution in [0.3, 0.4) is 0 Å². The molecule has 0 unspecified atom stereocenters. The first-order valence-corrected chi connectivity index (χ1v) is 6.12. The topological polar surface area (TPSA) is 137 Å². The molecule has 1 N–H and O–H groups in total. The maximum absolute atomic E-state index is 11.5. The van der Waals surface area contributed by atoms with Crippen molar-refractivity contribution in [1.82, 2.24) is 0 Å². The number of hydrazone groups is 1. The standard InChI is InChI=1S/C12H14N4O6/c1-7(2)11(12(17)22-3)14-13-9-5-4-8(15(18)19)6-10(9)16(20)21/h4-7,13H,1-3H3. The predicted molar refractivity (Wildman–Crippen MR) is 77.7 cm³/mol. The van der Waals surface area contributed by atoms with Crippen LogP contribution >= 0.6 is 0 Å². The molecular formula is C12H14N4O6. The van der Waals surface area contributed by atoms with Crippen LogP contribution in [0, 0.1) is 26.1 Å². The van der Waals surface area contributed by atoms with Gasteiger partial charge in [0.2, 0.25) is 0 Å². The van der Waals surface area contributed by atoms with E-state index in [4.69, 9.17) is 0 Å². The van der Waals surface area contributed by atoms with E-state index in [0.29, 0.717) is 0 Å². The second kappa shape index (κ2) is 7.11. The number of anilines is 1. The largest absolute Gasteiger partial charge is 0.464 e. The summed E-state index contributed by atoms with van der Waals surface area (Å²) in [6.45, 7) is 3.39. The minimum absolute atomic E-state index is 0.0372. The highest BCUT2D eigenvalue weighted by Gasteiger charge is 2.21. The summed E-state index contributed by atoms with van der Waals surface area (Å²) in [7, 11) is 1.19. The molecule has 0 saturated carbocycles. The van der Waals surface area contributed by atoms with Gasteiger partial charge in [-0.3, -0.25) is 25.7 Å². The van der Waals surface area contributed by atoms with Crippen LogP contribution in [0.5, 0.6) is 0 Å². The third-order valence-corrected chi connectivity index (χ3v) is 2.63. The van der Waals surface area contributed by atoms with Gasteiger partial charge in [0.15, 0.2) is 0 Å². The molecule has 0 bridgehead atoms. The van der Waals surface area contributed by atoms with E-state index in [1.165, 1.54) is 7.11 Å². The number of nitro groups is 2. The Hall–Kier alpha value is -3.04. The summed E-state index contributed by atoms with van der Waals surface area (Å²) in [5, 5.41) is 25.4. The van der Waals surface area contributed by atoms with E-state index >= 15 is 0 Å². The molecule has 118 valence electrons. The number of benzene rings is 1. The molecule has 0 spiro atoms. The highest BCUT2D eigenvalue weighted by molar-refractivity contribution is 6.37. The van der Waals surface area contributed by atoms with Gasteiger partial charge in [0, 0.05) is 12.0 Å². The lowest BCUT2D eigenvalue weighted by Crippen LogP contribution is -2.22. The van der Waals surface area contributed by atoms with Crippen LogP contribution in [0.2, 0.25) is 0 Å². The van der Waals surface area contributed by atoms with E-state index in [9.17, 15) is 25.0 Å². The average molecular weight is 310 g/mol. The first-order valence-electron chi connectivity index (χ1n) is 6.12. The zero-order valence-corrected chi connectivity index (χ0v) is 12.1. The van der Waals surface area contributed by atoms with Gasteiger partial charge in [0.25, 0.3) is 5.69 Å². The number of nitrogens with zero attached hydrogens (tertiary/aromatic N) is 3. The van der Waals surface area contributed by atoms with Crippen LogP contribution in [-0.2, 0) is 9.53 Å². The number of esters is 1. The van der Waals surface area contributed by atoms with Crippen LogP contribution in [0.15, 0.2) is 23.3 Å². The maximum Gasteiger partial charge on any atom is 0.354 e.